The first-order valence-corrected chi connectivity index (χ1v) is 6.72. The van der Waals surface area contributed by atoms with Crippen molar-refractivity contribution in [3.05, 3.63) is 58.9 Å². The van der Waals surface area contributed by atoms with Crippen molar-refractivity contribution in [3.63, 3.8) is 0 Å². The molecule has 0 unspecified atom stereocenters. The standard InChI is InChI=1S/C15H14N2S/c1-11-6-12(2)8-13(7-11)10-18-15-4-3-5-17-14(15)9-16/h3-8H,10H2,1-2H3. The van der Waals surface area contributed by atoms with Crippen molar-refractivity contribution in [1.82, 2.24) is 4.98 Å². The van der Waals surface area contributed by atoms with Gasteiger partial charge in [0.25, 0.3) is 0 Å². The number of aryl methyl sites for hydroxylation is 2. The van der Waals surface area contributed by atoms with Crippen molar-refractivity contribution in [1.29, 1.82) is 5.26 Å². The van der Waals surface area contributed by atoms with E-state index in [4.69, 9.17) is 5.26 Å². The van der Waals surface area contributed by atoms with Crippen molar-refractivity contribution in [2.24, 2.45) is 0 Å². The predicted octanol–water partition coefficient (Wildman–Crippen LogP) is 3.86. The Morgan fingerprint density at radius 3 is 2.61 bits per heavy atom. The molecule has 18 heavy (non-hydrogen) atoms. The van der Waals surface area contributed by atoms with Crippen LogP contribution in [0.2, 0.25) is 0 Å². The number of nitrogens with zero attached hydrogens (tertiary/aromatic N) is 2. The maximum absolute atomic E-state index is 8.98. The Morgan fingerprint density at radius 2 is 1.94 bits per heavy atom. The fourth-order valence-electron chi connectivity index (χ4n) is 1.90. The number of rotatable bonds is 3. The number of thioether (sulfide) groups is 1. The topological polar surface area (TPSA) is 36.7 Å². The van der Waals surface area contributed by atoms with Gasteiger partial charge >= 0.3 is 0 Å². The zero-order valence-electron chi connectivity index (χ0n) is 10.5. The summed E-state index contributed by atoms with van der Waals surface area (Å²) in [6.07, 6.45) is 1.65. The highest BCUT2D eigenvalue weighted by atomic mass is 32.2. The number of aromatic nitrogens is 1. The van der Waals surface area contributed by atoms with E-state index in [1.54, 1.807) is 18.0 Å². The summed E-state index contributed by atoms with van der Waals surface area (Å²) in [4.78, 5) is 5.01. The number of pyridine rings is 1. The molecule has 0 aliphatic heterocycles. The number of hydrogen-bond acceptors (Lipinski definition) is 3. The van der Waals surface area contributed by atoms with Crippen LogP contribution in [0.4, 0.5) is 0 Å². The van der Waals surface area contributed by atoms with Crippen LogP contribution in [0.25, 0.3) is 0 Å². The minimum Gasteiger partial charge on any atom is -0.244 e. The van der Waals surface area contributed by atoms with Gasteiger partial charge < -0.3 is 0 Å². The van der Waals surface area contributed by atoms with E-state index in [0.29, 0.717) is 5.69 Å². The lowest BCUT2D eigenvalue weighted by Crippen LogP contribution is -1.88. The molecule has 1 aromatic carbocycles. The summed E-state index contributed by atoms with van der Waals surface area (Å²) < 4.78 is 0. The molecule has 1 aromatic heterocycles. The maximum Gasteiger partial charge on any atom is 0.153 e. The zero-order valence-corrected chi connectivity index (χ0v) is 11.3. The highest BCUT2D eigenvalue weighted by Gasteiger charge is 2.04. The van der Waals surface area contributed by atoms with Crippen molar-refractivity contribution in [2.45, 2.75) is 24.5 Å². The summed E-state index contributed by atoms with van der Waals surface area (Å²) in [7, 11) is 0. The smallest absolute Gasteiger partial charge is 0.153 e. The Labute approximate surface area is 112 Å². The van der Waals surface area contributed by atoms with Gasteiger partial charge in [0.2, 0.25) is 0 Å². The second kappa shape index (κ2) is 5.70. The first-order valence-electron chi connectivity index (χ1n) is 5.74. The van der Waals surface area contributed by atoms with Crippen LogP contribution in [0.5, 0.6) is 0 Å². The van der Waals surface area contributed by atoms with Gasteiger partial charge in [-0.05, 0) is 31.5 Å². The minimum absolute atomic E-state index is 0.506. The fourth-order valence-corrected chi connectivity index (χ4v) is 2.80. The summed E-state index contributed by atoms with van der Waals surface area (Å²) in [6, 6.07) is 12.5. The van der Waals surface area contributed by atoms with Gasteiger partial charge in [-0.1, -0.05) is 29.3 Å². The molecule has 0 spiro atoms. The van der Waals surface area contributed by atoms with Gasteiger partial charge in [0.05, 0.1) is 0 Å². The Morgan fingerprint density at radius 1 is 1.22 bits per heavy atom. The van der Waals surface area contributed by atoms with Crippen LogP contribution in [0.3, 0.4) is 0 Å². The summed E-state index contributed by atoms with van der Waals surface area (Å²) >= 11 is 1.66. The van der Waals surface area contributed by atoms with Crippen molar-refractivity contribution in [2.75, 3.05) is 0 Å². The lowest BCUT2D eigenvalue weighted by atomic mass is 10.1. The van der Waals surface area contributed by atoms with Crippen LogP contribution >= 0.6 is 11.8 Å². The second-order valence-corrected chi connectivity index (χ2v) is 5.26. The highest BCUT2D eigenvalue weighted by Crippen LogP contribution is 2.25. The molecule has 0 fully saturated rings. The Bertz CT molecular complexity index is 579. The van der Waals surface area contributed by atoms with Gasteiger partial charge in [-0.25, -0.2) is 4.98 Å². The highest BCUT2D eigenvalue weighted by molar-refractivity contribution is 7.98. The monoisotopic (exact) mass is 254 g/mol. The quantitative estimate of drug-likeness (QED) is 0.780. The normalized spacial score (nSPS) is 10.1. The van der Waals surface area contributed by atoms with Gasteiger partial charge in [0.15, 0.2) is 5.69 Å². The molecule has 2 aromatic rings. The molecule has 0 aliphatic rings. The molecule has 0 N–H and O–H groups in total. The second-order valence-electron chi connectivity index (χ2n) is 4.25. The van der Waals surface area contributed by atoms with E-state index in [1.165, 1.54) is 16.7 Å². The SMILES string of the molecule is Cc1cc(C)cc(CSc2cccnc2C#N)c1. The van der Waals surface area contributed by atoms with Gasteiger partial charge in [-0.2, -0.15) is 5.26 Å². The van der Waals surface area contributed by atoms with Crippen LogP contribution in [-0.2, 0) is 5.75 Å². The molecular formula is C15H14N2S. The largest absolute Gasteiger partial charge is 0.244 e. The van der Waals surface area contributed by atoms with Crippen molar-refractivity contribution in [3.8, 4) is 6.07 Å². The maximum atomic E-state index is 8.98. The third-order valence-electron chi connectivity index (χ3n) is 2.55. The van der Waals surface area contributed by atoms with Crippen molar-refractivity contribution < 1.29 is 0 Å². The molecule has 0 saturated heterocycles. The van der Waals surface area contributed by atoms with Crippen LogP contribution in [0.15, 0.2) is 41.4 Å². The first kappa shape index (κ1) is 12.7. The van der Waals surface area contributed by atoms with Gasteiger partial charge in [0, 0.05) is 16.8 Å². The molecule has 2 nitrogen and oxygen atoms in total. The van der Waals surface area contributed by atoms with E-state index in [-0.39, 0.29) is 0 Å². The van der Waals surface area contributed by atoms with Crippen LogP contribution in [-0.4, -0.2) is 4.98 Å². The summed E-state index contributed by atoms with van der Waals surface area (Å²) in [5.41, 5.74) is 4.34. The van der Waals surface area contributed by atoms with E-state index in [0.717, 1.165) is 10.6 Å². The lowest BCUT2D eigenvalue weighted by molar-refractivity contribution is 1.17. The molecule has 1 heterocycles. The molecule has 2 rings (SSSR count). The average Bonchev–Trinajstić information content (AvgIpc) is 2.35. The van der Waals surface area contributed by atoms with Gasteiger partial charge in [0.1, 0.15) is 6.07 Å². The van der Waals surface area contributed by atoms with Gasteiger partial charge in [-0.3, -0.25) is 0 Å². The van der Waals surface area contributed by atoms with Gasteiger partial charge in [-0.15, -0.1) is 11.8 Å². The molecular weight excluding hydrogens is 240 g/mol. The van der Waals surface area contributed by atoms with Crippen LogP contribution in [0, 0.1) is 25.2 Å². The summed E-state index contributed by atoms with van der Waals surface area (Å²) in [5, 5.41) is 8.98. The van der Waals surface area contributed by atoms with E-state index in [9.17, 15) is 0 Å². The zero-order chi connectivity index (χ0) is 13.0. The number of hydrogen-bond donors (Lipinski definition) is 0. The van der Waals surface area contributed by atoms with E-state index >= 15 is 0 Å². The summed E-state index contributed by atoms with van der Waals surface area (Å²) in [5.74, 6) is 0.864. The van der Waals surface area contributed by atoms with Crippen molar-refractivity contribution >= 4 is 11.8 Å². The van der Waals surface area contributed by atoms with E-state index in [1.807, 2.05) is 12.1 Å². The summed E-state index contributed by atoms with van der Waals surface area (Å²) in [6.45, 7) is 4.21. The minimum atomic E-state index is 0.506. The van der Waals surface area contributed by atoms with E-state index < -0.39 is 0 Å². The Hall–Kier alpha value is -1.79. The van der Waals surface area contributed by atoms with Crippen LogP contribution in [0.1, 0.15) is 22.4 Å². The average molecular weight is 254 g/mol. The Kier molecular flexibility index (Phi) is 4.01. The number of benzene rings is 1. The third kappa shape index (κ3) is 3.12. The first-order chi connectivity index (χ1) is 8.69. The molecule has 0 aliphatic carbocycles. The lowest BCUT2D eigenvalue weighted by Gasteiger charge is -2.05. The van der Waals surface area contributed by atoms with Crippen LogP contribution < -0.4 is 0 Å². The fraction of sp³-hybridized carbons (Fsp3) is 0.200. The molecule has 0 amide bonds. The molecule has 90 valence electrons. The molecule has 0 atom stereocenters. The molecule has 0 saturated carbocycles. The molecule has 0 radical (unpaired) electrons. The Balaban J connectivity index is 2.14. The number of nitriles is 1. The molecule has 0 bridgehead atoms. The predicted molar refractivity (Wildman–Crippen MR) is 74.4 cm³/mol. The molecule has 3 heteroatoms. The van der Waals surface area contributed by atoms with E-state index in [2.05, 4.69) is 43.1 Å². The third-order valence-corrected chi connectivity index (χ3v) is 3.67.